The highest BCUT2D eigenvalue weighted by molar-refractivity contribution is 7.90. The Morgan fingerprint density at radius 1 is 1.42 bits per heavy atom. The first-order chi connectivity index (χ1) is 11.1. The fourth-order valence-corrected chi connectivity index (χ4v) is 2.79. The molecule has 0 saturated carbocycles. The number of nitro benzene ring substituents is 1. The van der Waals surface area contributed by atoms with E-state index in [9.17, 15) is 28.4 Å². The molecule has 1 aromatic rings. The summed E-state index contributed by atoms with van der Waals surface area (Å²) in [6.45, 7) is 1.72. The zero-order valence-electron chi connectivity index (χ0n) is 13.7. The number of rotatable bonds is 8. The molecule has 9 nitrogen and oxygen atoms in total. The number of nitrogens with one attached hydrogen (secondary N) is 1. The summed E-state index contributed by atoms with van der Waals surface area (Å²) in [6, 6.07) is 3.02. The van der Waals surface area contributed by atoms with Gasteiger partial charge in [-0.25, -0.2) is 8.42 Å². The van der Waals surface area contributed by atoms with Crippen LogP contribution < -0.4 is 5.32 Å². The van der Waals surface area contributed by atoms with Gasteiger partial charge in [-0.05, 0) is 19.5 Å². The van der Waals surface area contributed by atoms with Crippen molar-refractivity contribution in [3.63, 3.8) is 0 Å². The summed E-state index contributed by atoms with van der Waals surface area (Å²) in [5, 5.41) is 22.6. The Bertz CT molecular complexity index is 715. The zero-order valence-corrected chi connectivity index (χ0v) is 14.5. The number of nitrogens with zero attached hydrogens (tertiary/aromatic N) is 2. The number of anilines is 1. The molecule has 0 aromatic heterocycles. The molecule has 24 heavy (non-hydrogen) atoms. The summed E-state index contributed by atoms with van der Waals surface area (Å²) in [4.78, 5) is 23.6. The van der Waals surface area contributed by atoms with E-state index < -0.39 is 26.4 Å². The minimum Gasteiger partial charge on any atom is -0.395 e. The third-order valence-corrected chi connectivity index (χ3v) is 4.60. The van der Waals surface area contributed by atoms with Gasteiger partial charge < -0.3 is 10.4 Å². The van der Waals surface area contributed by atoms with Crippen LogP contribution in [0.25, 0.3) is 0 Å². The zero-order chi connectivity index (χ0) is 18.5. The van der Waals surface area contributed by atoms with Crippen LogP contribution in [-0.2, 0) is 14.6 Å². The first-order valence-corrected chi connectivity index (χ1v) is 9.08. The molecule has 1 atom stereocenters. The summed E-state index contributed by atoms with van der Waals surface area (Å²) in [7, 11) is -1.99. The monoisotopic (exact) mass is 359 g/mol. The largest absolute Gasteiger partial charge is 0.395 e. The summed E-state index contributed by atoms with van der Waals surface area (Å²) in [6.07, 6.45) is 1.58. The van der Waals surface area contributed by atoms with Crippen LogP contribution in [0.3, 0.4) is 0 Å². The summed E-state index contributed by atoms with van der Waals surface area (Å²) in [5.41, 5.74) is -0.400. The van der Waals surface area contributed by atoms with E-state index in [0.717, 1.165) is 18.4 Å². The highest BCUT2D eigenvalue weighted by atomic mass is 32.2. The number of sulfone groups is 1. The standard InChI is InChI=1S/C14H21N3O6S/c1-4-11(9-18)16(2)8-14(19)15-10-5-12(17(20)21)7-13(6-10)24(3,22)23/h5-7,11,18H,4,8-9H2,1-3H3,(H,15,19)/t11-/m1/s1. The SMILES string of the molecule is CC[C@H](CO)N(C)CC(=O)Nc1cc([N+](=O)[O-])cc(S(C)(=O)=O)c1. The molecular weight excluding hydrogens is 338 g/mol. The van der Waals surface area contributed by atoms with Crippen LogP contribution in [0, 0.1) is 10.1 Å². The van der Waals surface area contributed by atoms with E-state index in [1.807, 2.05) is 6.92 Å². The fourth-order valence-electron chi connectivity index (χ4n) is 2.11. The maximum absolute atomic E-state index is 12.0. The van der Waals surface area contributed by atoms with E-state index in [2.05, 4.69) is 5.32 Å². The molecule has 10 heteroatoms. The molecule has 0 unspecified atom stereocenters. The molecule has 0 spiro atoms. The molecule has 0 saturated heterocycles. The third kappa shape index (κ3) is 5.55. The predicted octanol–water partition coefficient (Wildman–Crippen LogP) is 0.639. The van der Waals surface area contributed by atoms with Gasteiger partial charge >= 0.3 is 0 Å². The normalized spacial score (nSPS) is 12.9. The van der Waals surface area contributed by atoms with Gasteiger partial charge in [0.2, 0.25) is 5.91 Å². The van der Waals surface area contributed by atoms with E-state index in [4.69, 9.17) is 0 Å². The minimum absolute atomic E-state index is 0.0278. The summed E-state index contributed by atoms with van der Waals surface area (Å²) in [5.74, 6) is -0.468. The predicted molar refractivity (Wildman–Crippen MR) is 88.6 cm³/mol. The van der Waals surface area contributed by atoms with Gasteiger partial charge in [0.1, 0.15) is 0 Å². The van der Waals surface area contributed by atoms with Crippen molar-refractivity contribution in [3.05, 3.63) is 28.3 Å². The van der Waals surface area contributed by atoms with E-state index in [1.165, 1.54) is 6.07 Å². The number of aliphatic hydroxyl groups is 1. The molecule has 0 radical (unpaired) electrons. The first-order valence-electron chi connectivity index (χ1n) is 7.19. The molecule has 0 fully saturated rings. The number of nitro groups is 1. The van der Waals surface area contributed by atoms with Crippen LogP contribution in [0.4, 0.5) is 11.4 Å². The number of hydrogen-bond donors (Lipinski definition) is 2. The van der Waals surface area contributed by atoms with Gasteiger partial charge in [0, 0.05) is 30.1 Å². The van der Waals surface area contributed by atoms with Gasteiger partial charge in [-0.3, -0.25) is 19.8 Å². The van der Waals surface area contributed by atoms with Crippen LogP contribution in [0.5, 0.6) is 0 Å². The second kappa shape index (κ2) is 8.18. The molecule has 1 amide bonds. The van der Waals surface area contributed by atoms with Gasteiger partial charge in [-0.15, -0.1) is 0 Å². The maximum atomic E-state index is 12.0. The van der Waals surface area contributed by atoms with Crippen molar-refractivity contribution in [2.75, 3.05) is 31.8 Å². The smallest absolute Gasteiger partial charge is 0.272 e. The molecule has 0 aliphatic rings. The Labute approximate surface area is 140 Å². The van der Waals surface area contributed by atoms with Gasteiger partial charge in [-0.1, -0.05) is 6.92 Å². The second-order valence-electron chi connectivity index (χ2n) is 5.45. The number of aliphatic hydroxyl groups excluding tert-OH is 1. The molecular formula is C14H21N3O6S. The average molecular weight is 359 g/mol. The Balaban J connectivity index is 3.00. The number of non-ortho nitro benzene ring substituents is 1. The lowest BCUT2D eigenvalue weighted by molar-refractivity contribution is -0.385. The maximum Gasteiger partial charge on any atom is 0.272 e. The van der Waals surface area contributed by atoms with Crippen LogP contribution >= 0.6 is 0 Å². The van der Waals surface area contributed by atoms with Crippen LogP contribution in [0.2, 0.25) is 0 Å². The Hall–Kier alpha value is -2.04. The number of amides is 1. The third-order valence-electron chi connectivity index (χ3n) is 3.51. The Morgan fingerprint density at radius 2 is 2.04 bits per heavy atom. The lowest BCUT2D eigenvalue weighted by Crippen LogP contribution is -2.39. The van der Waals surface area contributed by atoms with Crippen molar-refractivity contribution in [3.8, 4) is 0 Å². The number of carbonyl (C=O) groups is 1. The van der Waals surface area contributed by atoms with Gasteiger partial charge in [-0.2, -0.15) is 0 Å². The molecule has 0 aliphatic carbocycles. The van der Waals surface area contributed by atoms with Crippen molar-refractivity contribution in [1.82, 2.24) is 4.90 Å². The highest BCUT2D eigenvalue weighted by Gasteiger charge is 2.19. The molecule has 0 heterocycles. The van der Waals surface area contributed by atoms with E-state index in [-0.39, 0.29) is 29.8 Å². The lowest BCUT2D eigenvalue weighted by Gasteiger charge is -2.24. The van der Waals surface area contributed by atoms with Gasteiger partial charge in [0.05, 0.1) is 23.0 Å². The topological polar surface area (TPSA) is 130 Å². The Morgan fingerprint density at radius 3 is 2.50 bits per heavy atom. The van der Waals surface area contributed by atoms with Crippen molar-refractivity contribution >= 4 is 27.1 Å². The summed E-state index contributed by atoms with van der Waals surface area (Å²) < 4.78 is 23.2. The second-order valence-corrected chi connectivity index (χ2v) is 7.47. The quantitative estimate of drug-likeness (QED) is 0.514. The van der Waals surface area contributed by atoms with Crippen molar-refractivity contribution in [2.24, 2.45) is 0 Å². The van der Waals surface area contributed by atoms with Crippen LogP contribution in [0.15, 0.2) is 23.1 Å². The van der Waals surface area contributed by atoms with Gasteiger partial charge in [0.15, 0.2) is 9.84 Å². The summed E-state index contributed by atoms with van der Waals surface area (Å²) >= 11 is 0. The van der Waals surface area contributed by atoms with Crippen LogP contribution in [-0.4, -0.2) is 61.8 Å². The van der Waals surface area contributed by atoms with E-state index in [1.54, 1.807) is 11.9 Å². The van der Waals surface area contributed by atoms with E-state index >= 15 is 0 Å². The molecule has 1 aromatic carbocycles. The van der Waals surface area contributed by atoms with E-state index in [0.29, 0.717) is 6.42 Å². The van der Waals surface area contributed by atoms with Crippen molar-refractivity contribution < 1.29 is 23.2 Å². The first kappa shape index (κ1) is 20.0. The molecule has 134 valence electrons. The van der Waals surface area contributed by atoms with Crippen LogP contribution in [0.1, 0.15) is 13.3 Å². The molecule has 1 rings (SSSR count). The fraction of sp³-hybridized carbons (Fsp3) is 0.500. The Kier molecular flexibility index (Phi) is 6.81. The van der Waals surface area contributed by atoms with Crippen molar-refractivity contribution in [1.29, 1.82) is 0 Å². The minimum atomic E-state index is -3.66. The van der Waals surface area contributed by atoms with Gasteiger partial charge in [0.25, 0.3) is 5.69 Å². The molecule has 2 N–H and O–H groups in total. The molecule has 0 bridgehead atoms. The van der Waals surface area contributed by atoms with Crippen molar-refractivity contribution in [2.45, 2.75) is 24.3 Å². The highest BCUT2D eigenvalue weighted by Crippen LogP contribution is 2.24. The number of likely N-dealkylation sites (N-methyl/N-ethyl adjacent to an activating group) is 1. The lowest BCUT2D eigenvalue weighted by atomic mass is 10.2. The number of benzene rings is 1. The number of carbonyl (C=O) groups excluding carboxylic acids is 1. The number of hydrogen-bond acceptors (Lipinski definition) is 7. The average Bonchev–Trinajstić information content (AvgIpc) is 2.46. The molecule has 0 aliphatic heterocycles.